The molecule has 0 atom stereocenters. The van der Waals surface area contributed by atoms with Crippen molar-refractivity contribution in [3.63, 3.8) is 0 Å². The highest BCUT2D eigenvalue weighted by Crippen LogP contribution is 2.18. The maximum absolute atomic E-state index is 5.60. The second-order valence-corrected chi connectivity index (χ2v) is 3.26. The summed E-state index contributed by atoms with van der Waals surface area (Å²) in [6, 6.07) is 1.83. The highest BCUT2D eigenvalue weighted by Gasteiger charge is 2.03. The van der Waals surface area contributed by atoms with Gasteiger partial charge in [-0.2, -0.15) is 4.98 Å². The van der Waals surface area contributed by atoms with E-state index in [9.17, 15) is 0 Å². The minimum atomic E-state index is 0.170. The molecule has 0 saturated carbocycles. The van der Waals surface area contributed by atoms with Crippen molar-refractivity contribution in [2.45, 2.75) is 0 Å². The first-order chi connectivity index (χ1) is 5.66. The Labute approximate surface area is 76.5 Å². The molecule has 2 rings (SSSR count). The Kier molecular flexibility index (Phi) is 1.44. The molecule has 0 saturated heterocycles. The standard InChI is InChI=1S/C6H6BrN5/c7-3-1-4-5(8)10-6(9)11-12(4)2-3/h1-2H,(H4,8,9,10,11). The number of fused-ring (bicyclic) bond motifs is 1. The number of nitrogens with two attached hydrogens (primary N) is 2. The number of aromatic nitrogens is 3. The lowest BCUT2D eigenvalue weighted by Crippen LogP contribution is -2.04. The molecule has 62 valence electrons. The first kappa shape index (κ1) is 7.35. The van der Waals surface area contributed by atoms with Crippen molar-refractivity contribution < 1.29 is 0 Å². The van der Waals surface area contributed by atoms with Crippen LogP contribution in [0, 0.1) is 0 Å². The van der Waals surface area contributed by atoms with Crippen LogP contribution in [0.2, 0.25) is 0 Å². The van der Waals surface area contributed by atoms with Crippen molar-refractivity contribution in [3.8, 4) is 0 Å². The summed E-state index contributed by atoms with van der Waals surface area (Å²) in [7, 11) is 0. The van der Waals surface area contributed by atoms with Crippen molar-refractivity contribution in [1.29, 1.82) is 0 Å². The third kappa shape index (κ3) is 1.00. The second-order valence-electron chi connectivity index (χ2n) is 2.34. The SMILES string of the molecule is Nc1nc(N)c2cc(Br)cn2n1. The second kappa shape index (κ2) is 2.34. The lowest BCUT2D eigenvalue weighted by molar-refractivity contribution is 0.920. The summed E-state index contributed by atoms with van der Waals surface area (Å²) in [4.78, 5) is 3.82. The molecule has 0 aliphatic rings. The molecule has 0 aromatic carbocycles. The average Bonchev–Trinajstić information content (AvgIpc) is 2.29. The van der Waals surface area contributed by atoms with Crippen molar-refractivity contribution in [2.24, 2.45) is 0 Å². The van der Waals surface area contributed by atoms with E-state index in [2.05, 4.69) is 26.0 Å². The molecule has 0 fully saturated rings. The number of hydrogen-bond acceptors (Lipinski definition) is 4. The summed E-state index contributed by atoms with van der Waals surface area (Å²) >= 11 is 3.30. The lowest BCUT2D eigenvalue weighted by Gasteiger charge is -1.97. The minimum Gasteiger partial charge on any atom is -0.382 e. The molecule has 2 aromatic heterocycles. The monoisotopic (exact) mass is 227 g/mol. The Morgan fingerprint density at radius 3 is 2.92 bits per heavy atom. The Bertz CT molecular complexity index is 435. The van der Waals surface area contributed by atoms with Gasteiger partial charge in [-0.15, -0.1) is 5.10 Å². The molecule has 0 spiro atoms. The van der Waals surface area contributed by atoms with E-state index in [-0.39, 0.29) is 5.95 Å². The van der Waals surface area contributed by atoms with E-state index in [0.717, 1.165) is 9.99 Å². The van der Waals surface area contributed by atoms with Gasteiger partial charge in [-0.05, 0) is 22.0 Å². The number of hydrogen-bond donors (Lipinski definition) is 2. The summed E-state index contributed by atoms with van der Waals surface area (Å²) in [5.74, 6) is 0.552. The molecular weight excluding hydrogens is 222 g/mol. The first-order valence-electron chi connectivity index (χ1n) is 3.23. The molecule has 0 amide bonds. The van der Waals surface area contributed by atoms with Gasteiger partial charge in [0.1, 0.15) is 5.52 Å². The number of anilines is 2. The van der Waals surface area contributed by atoms with Crippen molar-refractivity contribution in [2.75, 3.05) is 11.5 Å². The van der Waals surface area contributed by atoms with Gasteiger partial charge in [0.2, 0.25) is 5.95 Å². The zero-order valence-electron chi connectivity index (χ0n) is 6.03. The number of rotatable bonds is 0. The van der Waals surface area contributed by atoms with E-state index in [1.807, 2.05) is 6.07 Å². The van der Waals surface area contributed by atoms with Crippen molar-refractivity contribution in [3.05, 3.63) is 16.7 Å². The molecule has 0 aliphatic carbocycles. The molecule has 6 heteroatoms. The van der Waals surface area contributed by atoms with Crippen LogP contribution in [0.1, 0.15) is 0 Å². The van der Waals surface area contributed by atoms with Crippen LogP contribution in [0.3, 0.4) is 0 Å². The Balaban J connectivity index is 2.88. The maximum Gasteiger partial charge on any atom is 0.240 e. The van der Waals surface area contributed by atoms with E-state index < -0.39 is 0 Å². The fraction of sp³-hybridized carbons (Fsp3) is 0. The van der Waals surface area contributed by atoms with Gasteiger partial charge in [-0.25, -0.2) is 4.52 Å². The quantitative estimate of drug-likeness (QED) is 0.693. The molecule has 4 N–H and O–H groups in total. The Hall–Kier alpha value is -1.30. The lowest BCUT2D eigenvalue weighted by atomic mass is 10.5. The zero-order chi connectivity index (χ0) is 8.72. The molecule has 2 aromatic rings. The molecule has 2 heterocycles. The third-order valence-corrected chi connectivity index (χ3v) is 1.91. The Morgan fingerprint density at radius 1 is 1.42 bits per heavy atom. The predicted molar refractivity (Wildman–Crippen MR) is 49.5 cm³/mol. The molecule has 0 bridgehead atoms. The predicted octanol–water partition coefficient (Wildman–Crippen LogP) is 0.656. The first-order valence-corrected chi connectivity index (χ1v) is 4.03. The van der Waals surface area contributed by atoms with Crippen LogP contribution in [0.5, 0.6) is 0 Å². The van der Waals surface area contributed by atoms with Crippen LogP contribution in [0.4, 0.5) is 11.8 Å². The van der Waals surface area contributed by atoms with Gasteiger partial charge in [0.05, 0.1) is 0 Å². The van der Waals surface area contributed by atoms with Gasteiger partial charge in [0.15, 0.2) is 5.82 Å². The third-order valence-electron chi connectivity index (χ3n) is 1.47. The zero-order valence-corrected chi connectivity index (χ0v) is 7.62. The maximum atomic E-state index is 5.60. The summed E-state index contributed by atoms with van der Waals surface area (Å²) < 4.78 is 2.48. The molecule has 12 heavy (non-hydrogen) atoms. The average molecular weight is 228 g/mol. The molecule has 0 unspecified atom stereocenters. The smallest absolute Gasteiger partial charge is 0.240 e. The van der Waals surface area contributed by atoms with Gasteiger partial charge in [-0.3, -0.25) is 0 Å². The van der Waals surface area contributed by atoms with E-state index in [0.29, 0.717) is 5.82 Å². The van der Waals surface area contributed by atoms with Gasteiger partial charge in [0, 0.05) is 10.7 Å². The molecule has 0 radical (unpaired) electrons. The van der Waals surface area contributed by atoms with Gasteiger partial charge < -0.3 is 11.5 Å². The van der Waals surface area contributed by atoms with Crippen molar-refractivity contribution >= 4 is 33.2 Å². The largest absolute Gasteiger partial charge is 0.382 e. The van der Waals surface area contributed by atoms with E-state index in [4.69, 9.17) is 11.5 Å². The van der Waals surface area contributed by atoms with Crippen LogP contribution in [0.25, 0.3) is 5.52 Å². The number of nitrogen functional groups attached to an aromatic ring is 2. The molecule has 5 nitrogen and oxygen atoms in total. The van der Waals surface area contributed by atoms with Gasteiger partial charge >= 0.3 is 0 Å². The van der Waals surface area contributed by atoms with Crippen LogP contribution in [-0.4, -0.2) is 14.6 Å². The fourth-order valence-electron chi connectivity index (χ4n) is 1.01. The summed E-state index contributed by atoms with van der Waals surface area (Å²) in [6.45, 7) is 0. The van der Waals surface area contributed by atoms with Crippen LogP contribution < -0.4 is 11.5 Å². The number of halogens is 1. The van der Waals surface area contributed by atoms with E-state index in [1.54, 1.807) is 10.7 Å². The van der Waals surface area contributed by atoms with Crippen LogP contribution in [0.15, 0.2) is 16.7 Å². The van der Waals surface area contributed by atoms with Crippen molar-refractivity contribution in [1.82, 2.24) is 14.6 Å². The van der Waals surface area contributed by atoms with E-state index >= 15 is 0 Å². The minimum absolute atomic E-state index is 0.170. The van der Waals surface area contributed by atoms with Crippen LogP contribution in [-0.2, 0) is 0 Å². The molecular formula is C6H6BrN5. The van der Waals surface area contributed by atoms with Crippen LogP contribution >= 0.6 is 15.9 Å². The fourth-order valence-corrected chi connectivity index (χ4v) is 1.42. The summed E-state index contributed by atoms with van der Waals surface area (Å²) in [5, 5.41) is 3.93. The summed E-state index contributed by atoms with van der Waals surface area (Å²) in [6.07, 6.45) is 1.77. The molecule has 0 aliphatic heterocycles. The normalized spacial score (nSPS) is 10.8. The topological polar surface area (TPSA) is 82.2 Å². The summed E-state index contributed by atoms with van der Waals surface area (Å²) in [5.41, 5.74) is 11.7. The van der Waals surface area contributed by atoms with E-state index in [1.165, 1.54) is 0 Å². The highest BCUT2D eigenvalue weighted by molar-refractivity contribution is 9.10. The van der Waals surface area contributed by atoms with Gasteiger partial charge in [0.25, 0.3) is 0 Å². The number of nitrogens with zero attached hydrogens (tertiary/aromatic N) is 3. The highest BCUT2D eigenvalue weighted by atomic mass is 79.9. The Morgan fingerprint density at radius 2 is 2.17 bits per heavy atom. The van der Waals surface area contributed by atoms with Gasteiger partial charge in [-0.1, -0.05) is 0 Å².